The number of amides is 3. The van der Waals surface area contributed by atoms with E-state index < -0.39 is 30.3 Å². The molecule has 2 heterocycles. The fourth-order valence-corrected chi connectivity index (χ4v) is 6.94. The smallest absolute Gasteiger partial charge is 0.392 e. The summed E-state index contributed by atoms with van der Waals surface area (Å²) in [6.07, 6.45) is -5.75. The highest BCUT2D eigenvalue weighted by atomic mass is 32.2. The number of carbonyl (C=O) groups excluding carboxylic acids is 3. The summed E-state index contributed by atoms with van der Waals surface area (Å²) >= 11 is 1.63. The molecule has 0 spiro atoms. The summed E-state index contributed by atoms with van der Waals surface area (Å²) in [4.78, 5) is 37.5. The molecule has 0 unspecified atom stereocenters. The number of hydrogen-bond donors (Lipinski definition) is 3. The minimum atomic E-state index is -5.03. The van der Waals surface area contributed by atoms with Gasteiger partial charge in [-0.05, 0) is 53.8 Å². The van der Waals surface area contributed by atoms with E-state index in [9.17, 15) is 32.7 Å². The first kappa shape index (κ1) is 35.4. The van der Waals surface area contributed by atoms with Gasteiger partial charge in [0, 0.05) is 47.8 Å². The van der Waals surface area contributed by atoms with Crippen LogP contribution >= 0.6 is 11.8 Å². The molecular weight excluding hydrogens is 647 g/mol. The van der Waals surface area contributed by atoms with E-state index in [1.165, 1.54) is 6.92 Å². The van der Waals surface area contributed by atoms with Gasteiger partial charge < -0.3 is 30.1 Å². The molecule has 2 saturated heterocycles. The molecular formula is C35H38F3N3O6S. The van der Waals surface area contributed by atoms with Crippen molar-refractivity contribution in [3.05, 3.63) is 95.1 Å². The number of hydrogen-bond acceptors (Lipinski definition) is 7. The quantitative estimate of drug-likeness (QED) is 0.228. The zero-order chi connectivity index (χ0) is 34.4. The van der Waals surface area contributed by atoms with E-state index >= 15 is 0 Å². The van der Waals surface area contributed by atoms with Crippen LogP contribution in [0.15, 0.2) is 77.7 Å². The topological polar surface area (TPSA) is 117 Å². The molecule has 2 aliphatic rings. The van der Waals surface area contributed by atoms with Gasteiger partial charge in [0.25, 0.3) is 0 Å². The van der Waals surface area contributed by atoms with Crippen molar-refractivity contribution in [2.24, 2.45) is 5.92 Å². The molecule has 48 heavy (non-hydrogen) atoms. The summed E-state index contributed by atoms with van der Waals surface area (Å²) in [5.41, 5.74) is 3.93. The highest BCUT2D eigenvalue weighted by Gasteiger charge is 2.47. The normalized spacial score (nSPS) is 22.7. The maximum Gasteiger partial charge on any atom is 0.471 e. The van der Waals surface area contributed by atoms with Crippen LogP contribution in [0, 0.1) is 5.92 Å². The molecule has 0 aliphatic carbocycles. The van der Waals surface area contributed by atoms with Gasteiger partial charge in [0.05, 0.1) is 18.8 Å². The fraction of sp³-hybridized carbons (Fsp3) is 0.400. The maximum absolute atomic E-state index is 13.0. The highest BCUT2D eigenvalue weighted by Crippen LogP contribution is 2.43. The number of thioether (sulfide) groups is 1. The number of aliphatic hydroxyl groups is 1. The Labute approximate surface area is 281 Å². The number of rotatable bonds is 10. The van der Waals surface area contributed by atoms with Crippen molar-refractivity contribution in [3.8, 4) is 0 Å². The molecule has 0 aromatic heterocycles. The third kappa shape index (κ3) is 8.76. The Morgan fingerprint density at radius 2 is 1.58 bits per heavy atom. The van der Waals surface area contributed by atoms with E-state index in [1.807, 2.05) is 60.7 Å². The second kappa shape index (κ2) is 15.5. The maximum atomic E-state index is 13.0. The van der Waals surface area contributed by atoms with Gasteiger partial charge in [-0.15, -0.1) is 11.8 Å². The molecule has 3 aromatic rings. The zero-order valence-electron chi connectivity index (χ0n) is 26.5. The summed E-state index contributed by atoms with van der Waals surface area (Å²) in [5.74, 6) is -2.15. The van der Waals surface area contributed by atoms with Crippen molar-refractivity contribution in [2.45, 2.75) is 75.5 Å². The van der Waals surface area contributed by atoms with Crippen molar-refractivity contribution in [2.75, 3.05) is 17.6 Å². The highest BCUT2D eigenvalue weighted by molar-refractivity contribution is 7.99. The van der Waals surface area contributed by atoms with Crippen LogP contribution in [0.3, 0.4) is 0 Å². The summed E-state index contributed by atoms with van der Waals surface area (Å²) in [6.45, 7) is 3.44. The molecule has 2 fully saturated rings. The van der Waals surface area contributed by atoms with Gasteiger partial charge in [-0.25, -0.2) is 0 Å². The minimum absolute atomic E-state index is 0.0266. The monoisotopic (exact) mass is 685 g/mol. The van der Waals surface area contributed by atoms with E-state index in [0.29, 0.717) is 28.3 Å². The van der Waals surface area contributed by atoms with E-state index in [2.05, 4.69) is 17.6 Å². The Bertz CT molecular complexity index is 1570. The molecule has 5 atom stereocenters. The van der Waals surface area contributed by atoms with Crippen molar-refractivity contribution in [3.63, 3.8) is 0 Å². The van der Waals surface area contributed by atoms with E-state index in [1.54, 1.807) is 23.9 Å². The number of halogens is 3. The zero-order valence-corrected chi connectivity index (χ0v) is 27.4. The lowest BCUT2D eigenvalue weighted by molar-refractivity contribution is -0.268. The number of benzene rings is 3. The number of nitrogens with zero attached hydrogens (tertiary/aromatic N) is 1. The number of likely N-dealkylation sites (tertiary alicyclic amines) is 1. The van der Waals surface area contributed by atoms with Crippen LogP contribution in [0.25, 0.3) is 0 Å². The lowest BCUT2D eigenvalue weighted by Crippen LogP contribution is -2.50. The summed E-state index contributed by atoms with van der Waals surface area (Å²) < 4.78 is 52.0. The molecule has 3 N–H and O–H groups in total. The van der Waals surface area contributed by atoms with Gasteiger partial charge in [0.15, 0.2) is 6.29 Å². The van der Waals surface area contributed by atoms with Gasteiger partial charge in [-0.1, -0.05) is 55.5 Å². The number of carbonyl (C=O) groups is 3. The van der Waals surface area contributed by atoms with Crippen molar-refractivity contribution in [1.82, 2.24) is 10.2 Å². The van der Waals surface area contributed by atoms with E-state index in [0.717, 1.165) is 21.6 Å². The van der Waals surface area contributed by atoms with Crippen LogP contribution in [0.1, 0.15) is 61.3 Å². The molecule has 9 nitrogen and oxygen atoms in total. The van der Waals surface area contributed by atoms with Crippen LogP contribution < -0.4 is 10.6 Å². The molecule has 3 amide bonds. The summed E-state index contributed by atoms with van der Waals surface area (Å²) in [6, 6.07) is 21.3. The average molecular weight is 686 g/mol. The molecule has 0 radical (unpaired) electrons. The van der Waals surface area contributed by atoms with Crippen LogP contribution in [-0.4, -0.2) is 58.3 Å². The molecule has 0 saturated carbocycles. The van der Waals surface area contributed by atoms with Gasteiger partial charge in [0.2, 0.25) is 11.8 Å². The van der Waals surface area contributed by atoms with Gasteiger partial charge in [-0.3, -0.25) is 14.4 Å². The lowest BCUT2D eigenvalue weighted by Gasteiger charge is -2.41. The average Bonchev–Trinajstić information content (AvgIpc) is 3.57. The Hall–Kier alpha value is -3.91. The van der Waals surface area contributed by atoms with Crippen molar-refractivity contribution < 1.29 is 42.1 Å². The molecule has 13 heteroatoms. The Morgan fingerprint density at radius 3 is 2.21 bits per heavy atom. The summed E-state index contributed by atoms with van der Waals surface area (Å²) in [7, 11) is 0. The summed E-state index contributed by atoms with van der Waals surface area (Å²) in [5, 5.41) is 14.9. The van der Waals surface area contributed by atoms with Crippen LogP contribution in [-0.2, 0) is 37.0 Å². The number of anilines is 1. The van der Waals surface area contributed by atoms with Gasteiger partial charge in [-0.2, -0.15) is 13.2 Å². The fourth-order valence-electron chi connectivity index (χ4n) is 5.87. The number of ether oxygens (including phenoxy) is 2. The van der Waals surface area contributed by atoms with E-state index in [4.69, 9.17) is 9.47 Å². The number of alkyl halides is 3. The molecule has 5 rings (SSSR count). The second-order valence-electron chi connectivity index (χ2n) is 12.0. The van der Waals surface area contributed by atoms with E-state index in [-0.39, 0.29) is 50.2 Å². The number of aliphatic hydroxyl groups excluding tert-OH is 1. The van der Waals surface area contributed by atoms with Crippen LogP contribution in [0.5, 0.6) is 0 Å². The molecule has 2 aliphatic heterocycles. The third-order valence-corrected chi connectivity index (χ3v) is 9.59. The largest absolute Gasteiger partial charge is 0.471 e. The predicted molar refractivity (Wildman–Crippen MR) is 174 cm³/mol. The second-order valence-corrected chi connectivity index (χ2v) is 13.0. The van der Waals surface area contributed by atoms with Crippen molar-refractivity contribution >= 4 is 35.2 Å². The third-order valence-electron chi connectivity index (χ3n) is 8.49. The number of nitrogens with one attached hydrogen (secondary N) is 2. The molecule has 256 valence electrons. The Balaban J connectivity index is 1.26. The lowest BCUT2D eigenvalue weighted by atomic mass is 9.91. The minimum Gasteiger partial charge on any atom is -0.392 e. The Morgan fingerprint density at radius 1 is 0.938 bits per heavy atom. The molecule has 0 bridgehead atoms. The first-order valence-corrected chi connectivity index (χ1v) is 16.7. The van der Waals surface area contributed by atoms with Crippen LogP contribution in [0.4, 0.5) is 18.9 Å². The standard InChI is InChI=1S/C35H38F3N3O6S/c1-21-30(20-48-28-15-13-27(14-16-28)40-22(2)43)46-33(47-31(21)25-9-7-24(19-42)8-10-25)26-11-5-23(6-12-26)18-39-32(44)29-4-3-17-41(29)34(45)35(36,37)38/h5-16,21,29-31,33,42H,3-4,17-20H2,1-2H3,(H,39,44)(H,40,43)/t21-,29-,30+,31+,33+/m0/s1. The van der Waals surface area contributed by atoms with Crippen molar-refractivity contribution in [1.29, 1.82) is 0 Å². The van der Waals surface area contributed by atoms with Gasteiger partial charge >= 0.3 is 12.1 Å². The molecule has 3 aromatic carbocycles. The first-order chi connectivity index (χ1) is 22.9. The first-order valence-electron chi connectivity index (χ1n) is 15.7. The SMILES string of the molecule is CC(=O)Nc1ccc(SC[C@H]2O[C@@H](c3ccc(CNC(=O)[C@@H]4CCCN4C(=O)C(F)(F)F)cc3)O[C@@H](c3ccc(CO)cc3)[C@H]2C)cc1. The Kier molecular flexibility index (Phi) is 11.5. The van der Waals surface area contributed by atoms with Crippen LogP contribution in [0.2, 0.25) is 0 Å². The van der Waals surface area contributed by atoms with Gasteiger partial charge in [0.1, 0.15) is 6.04 Å². The predicted octanol–water partition coefficient (Wildman–Crippen LogP) is 5.89.